The summed E-state index contributed by atoms with van der Waals surface area (Å²) < 4.78 is 0. The first-order valence-corrected chi connectivity index (χ1v) is 6.03. The van der Waals surface area contributed by atoms with Gasteiger partial charge in [0.25, 0.3) is 0 Å². The molecule has 86 valence electrons. The first-order chi connectivity index (χ1) is 7.24. The minimum atomic E-state index is 1.07. The number of allylic oxidation sites excluding steroid dienone is 1. The number of rotatable bonds is 6. The van der Waals surface area contributed by atoms with Crippen LogP contribution in [0.3, 0.4) is 0 Å². The van der Waals surface area contributed by atoms with Gasteiger partial charge < -0.3 is 9.80 Å². The Kier molecular flexibility index (Phi) is 5.30. The Hall–Kier alpha value is -0.920. The van der Waals surface area contributed by atoms with Gasteiger partial charge in [0, 0.05) is 39.1 Å². The van der Waals surface area contributed by atoms with Gasteiger partial charge in [0.1, 0.15) is 0 Å². The molecule has 0 aromatic carbocycles. The lowest BCUT2D eigenvalue weighted by atomic mass is 10.2. The number of hydrogen-bond donors (Lipinski definition) is 0. The van der Waals surface area contributed by atoms with Crippen molar-refractivity contribution in [2.45, 2.75) is 32.6 Å². The fourth-order valence-corrected chi connectivity index (χ4v) is 1.76. The zero-order chi connectivity index (χ0) is 11.1. The molecule has 0 fully saturated rings. The predicted molar refractivity (Wildman–Crippen MR) is 66.6 cm³/mol. The van der Waals surface area contributed by atoms with E-state index >= 15 is 0 Å². The maximum Gasteiger partial charge on any atom is 0.0376 e. The Morgan fingerprint density at radius 2 is 2.07 bits per heavy atom. The van der Waals surface area contributed by atoms with E-state index in [2.05, 4.69) is 49.2 Å². The molecule has 15 heavy (non-hydrogen) atoms. The SMILES string of the molecule is CCCCCCN1C=CC(N(C)C)=CC1. The van der Waals surface area contributed by atoms with Crippen LogP contribution < -0.4 is 0 Å². The summed E-state index contributed by atoms with van der Waals surface area (Å²) in [7, 11) is 4.18. The van der Waals surface area contributed by atoms with Gasteiger partial charge in [-0.25, -0.2) is 0 Å². The second-order valence-electron chi connectivity index (χ2n) is 4.39. The lowest BCUT2D eigenvalue weighted by Gasteiger charge is -2.25. The van der Waals surface area contributed by atoms with Crippen molar-refractivity contribution >= 4 is 0 Å². The molecular weight excluding hydrogens is 184 g/mol. The largest absolute Gasteiger partial charge is 0.378 e. The number of unbranched alkanes of at least 4 members (excludes halogenated alkanes) is 3. The van der Waals surface area contributed by atoms with Gasteiger partial charge >= 0.3 is 0 Å². The Balaban J connectivity index is 2.18. The number of hydrogen-bond acceptors (Lipinski definition) is 2. The highest BCUT2D eigenvalue weighted by Gasteiger charge is 2.04. The molecule has 0 bridgehead atoms. The molecule has 0 atom stereocenters. The minimum Gasteiger partial charge on any atom is -0.378 e. The molecule has 1 heterocycles. The summed E-state index contributed by atoms with van der Waals surface area (Å²) in [6.07, 6.45) is 12.1. The summed E-state index contributed by atoms with van der Waals surface area (Å²) in [4.78, 5) is 4.55. The van der Waals surface area contributed by atoms with Crippen LogP contribution >= 0.6 is 0 Å². The van der Waals surface area contributed by atoms with Crippen LogP contribution in [0.4, 0.5) is 0 Å². The second kappa shape index (κ2) is 6.54. The Bertz CT molecular complexity index is 229. The molecule has 0 aromatic heterocycles. The van der Waals surface area contributed by atoms with Crippen molar-refractivity contribution in [2.24, 2.45) is 0 Å². The van der Waals surface area contributed by atoms with Crippen LogP contribution in [0, 0.1) is 0 Å². The van der Waals surface area contributed by atoms with E-state index in [0.29, 0.717) is 0 Å². The van der Waals surface area contributed by atoms with Gasteiger partial charge in [-0.3, -0.25) is 0 Å². The normalized spacial score (nSPS) is 15.4. The fourth-order valence-electron chi connectivity index (χ4n) is 1.76. The van der Waals surface area contributed by atoms with Gasteiger partial charge in [0.05, 0.1) is 0 Å². The van der Waals surface area contributed by atoms with E-state index in [0.717, 1.165) is 6.54 Å². The van der Waals surface area contributed by atoms with E-state index < -0.39 is 0 Å². The lowest BCUT2D eigenvalue weighted by Crippen LogP contribution is -2.24. The van der Waals surface area contributed by atoms with Crippen LogP contribution in [0.1, 0.15) is 32.6 Å². The smallest absolute Gasteiger partial charge is 0.0376 e. The Labute approximate surface area is 94.3 Å². The molecule has 1 aliphatic rings. The third-order valence-corrected chi connectivity index (χ3v) is 2.81. The highest BCUT2D eigenvalue weighted by atomic mass is 15.1. The molecule has 2 nitrogen and oxygen atoms in total. The van der Waals surface area contributed by atoms with Crippen molar-refractivity contribution in [2.75, 3.05) is 27.2 Å². The highest BCUT2D eigenvalue weighted by molar-refractivity contribution is 5.20. The fraction of sp³-hybridized carbons (Fsp3) is 0.692. The average Bonchev–Trinajstić information content (AvgIpc) is 2.25. The van der Waals surface area contributed by atoms with Crippen LogP contribution in [-0.4, -0.2) is 37.0 Å². The Morgan fingerprint density at radius 1 is 1.27 bits per heavy atom. The molecule has 0 N–H and O–H groups in total. The van der Waals surface area contributed by atoms with Gasteiger partial charge in [0.2, 0.25) is 0 Å². The summed E-state index contributed by atoms with van der Waals surface area (Å²) >= 11 is 0. The van der Waals surface area contributed by atoms with Gasteiger partial charge in [0.15, 0.2) is 0 Å². The minimum absolute atomic E-state index is 1.07. The molecule has 2 heteroatoms. The summed E-state index contributed by atoms with van der Waals surface area (Å²) in [5.41, 5.74) is 1.32. The van der Waals surface area contributed by atoms with E-state index in [9.17, 15) is 0 Å². The van der Waals surface area contributed by atoms with Gasteiger partial charge in [-0.1, -0.05) is 26.2 Å². The molecule has 0 unspecified atom stereocenters. The van der Waals surface area contributed by atoms with Crippen molar-refractivity contribution in [1.29, 1.82) is 0 Å². The van der Waals surface area contributed by atoms with Gasteiger partial charge in [-0.2, -0.15) is 0 Å². The standard InChI is InChI=1S/C13H24N2/c1-4-5-6-7-10-15-11-8-13(9-12-15)14(2)3/h8-9,11H,4-7,10,12H2,1-3H3. The molecule has 0 saturated carbocycles. The van der Waals surface area contributed by atoms with Crippen LogP contribution in [0.5, 0.6) is 0 Å². The van der Waals surface area contributed by atoms with E-state index in [4.69, 9.17) is 0 Å². The van der Waals surface area contributed by atoms with Crippen molar-refractivity contribution in [3.8, 4) is 0 Å². The maximum atomic E-state index is 2.39. The first-order valence-electron chi connectivity index (χ1n) is 6.03. The molecule has 0 aliphatic carbocycles. The summed E-state index contributed by atoms with van der Waals surface area (Å²) in [5.74, 6) is 0. The van der Waals surface area contributed by atoms with Crippen molar-refractivity contribution in [3.05, 3.63) is 24.0 Å². The molecular formula is C13H24N2. The summed E-state index contributed by atoms with van der Waals surface area (Å²) in [6, 6.07) is 0. The van der Waals surface area contributed by atoms with E-state index in [1.54, 1.807) is 0 Å². The molecule has 0 spiro atoms. The van der Waals surface area contributed by atoms with Gasteiger partial charge in [-0.05, 0) is 18.6 Å². The van der Waals surface area contributed by atoms with Crippen molar-refractivity contribution < 1.29 is 0 Å². The maximum absolute atomic E-state index is 2.39. The zero-order valence-electron chi connectivity index (χ0n) is 10.4. The van der Waals surface area contributed by atoms with Crippen LogP contribution in [0.2, 0.25) is 0 Å². The number of likely N-dealkylation sites (N-methyl/N-ethyl adjacent to an activating group) is 1. The average molecular weight is 208 g/mol. The lowest BCUT2D eigenvalue weighted by molar-refractivity contribution is 0.383. The highest BCUT2D eigenvalue weighted by Crippen LogP contribution is 2.10. The second-order valence-corrected chi connectivity index (χ2v) is 4.39. The Morgan fingerprint density at radius 3 is 2.60 bits per heavy atom. The van der Waals surface area contributed by atoms with E-state index in [1.165, 1.54) is 37.9 Å². The number of nitrogens with zero attached hydrogens (tertiary/aromatic N) is 2. The van der Waals surface area contributed by atoms with E-state index in [1.807, 2.05) is 0 Å². The van der Waals surface area contributed by atoms with Crippen LogP contribution in [0.25, 0.3) is 0 Å². The molecule has 0 aromatic rings. The quantitative estimate of drug-likeness (QED) is 0.619. The monoisotopic (exact) mass is 208 g/mol. The topological polar surface area (TPSA) is 6.48 Å². The molecule has 0 radical (unpaired) electrons. The summed E-state index contributed by atoms with van der Waals surface area (Å²) in [5, 5.41) is 0. The summed E-state index contributed by atoms with van der Waals surface area (Å²) in [6.45, 7) is 4.52. The molecule has 0 saturated heterocycles. The van der Waals surface area contributed by atoms with Crippen LogP contribution in [-0.2, 0) is 0 Å². The third kappa shape index (κ3) is 4.41. The third-order valence-electron chi connectivity index (χ3n) is 2.81. The van der Waals surface area contributed by atoms with Crippen molar-refractivity contribution in [3.63, 3.8) is 0 Å². The molecule has 0 amide bonds. The van der Waals surface area contributed by atoms with E-state index in [-0.39, 0.29) is 0 Å². The zero-order valence-corrected chi connectivity index (χ0v) is 10.4. The molecule has 1 rings (SSSR count). The van der Waals surface area contributed by atoms with Crippen molar-refractivity contribution in [1.82, 2.24) is 9.80 Å². The first kappa shape index (κ1) is 12.2. The predicted octanol–water partition coefficient (Wildman–Crippen LogP) is 2.84. The van der Waals surface area contributed by atoms with Crippen LogP contribution in [0.15, 0.2) is 24.0 Å². The molecule has 1 aliphatic heterocycles. The van der Waals surface area contributed by atoms with Gasteiger partial charge in [-0.15, -0.1) is 0 Å².